The van der Waals surface area contributed by atoms with Gasteiger partial charge in [0.15, 0.2) is 11.4 Å². The topological polar surface area (TPSA) is 55.7 Å². The molecular formula is C13H13N3OS. The number of hydrogen-bond acceptors (Lipinski definition) is 5. The van der Waals surface area contributed by atoms with Crippen LogP contribution in [0.5, 0.6) is 0 Å². The highest BCUT2D eigenvalue weighted by molar-refractivity contribution is 7.99. The molecule has 0 saturated carbocycles. The molecule has 2 aromatic heterocycles. The van der Waals surface area contributed by atoms with Crippen LogP contribution in [0.25, 0.3) is 0 Å². The number of hydrogen-bond donors (Lipinski definition) is 0. The second kappa shape index (κ2) is 5.27. The minimum Gasteiger partial charge on any atom is -0.298 e. The number of aromatic nitrogens is 3. The third kappa shape index (κ3) is 2.73. The molecule has 0 aliphatic rings. The monoisotopic (exact) mass is 259 g/mol. The van der Waals surface area contributed by atoms with E-state index in [1.807, 2.05) is 20.8 Å². The third-order valence-corrected chi connectivity index (χ3v) is 3.52. The van der Waals surface area contributed by atoms with Crippen molar-refractivity contribution in [2.24, 2.45) is 0 Å². The molecule has 18 heavy (non-hydrogen) atoms. The Labute approximate surface area is 110 Å². The molecule has 0 aliphatic heterocycles. The Bertz CT molecular complexity index is 558. The standard InChI is InChI=1S/C13H13N3OS/c1-8-9(2)15-13(16-10(8)3)18-12-5-4-11(7-17)6-14-12/h4-7H,1-3H3. The van der Waals surface area contributed by atoms with E-state index in [0.717, 1.165) is 28.3 Å². The fourth-order valence-corrected chi connectivity index (χ4v) is 2.20. The summed E-state index contributed by atoms with van der Waals surface area (Å²) in [6.07, 6.45) is 2.32. The highest BCUT2D eigenvalue weighted by Crippen LogP contribution is 2.24. The molecule has 0 spiro atoms. The van der Waals surface area contributed by atoms with Crippen LogP contribution in [-0.4, -0.2) is 21.2 Å². The van der Waals surface area contributed by atoms with Crippen molar-refractivity contribution >= 4 is 18.0 Å². The van der Waals surface area contributed by atoms with Crippen LogP contribution in [0.4, 0.5) is 0 Å². The quantitative estimate of drug-likeness (QED) is 0.626. The molecule has 0 amide bonds. The average molecular weight is 259 g/mol. The molecule has 2 rings (SSSR count). The van der Waals surface area contributed by atoms with Gasteiger partial charge in [-0.25, -0.2) is 15.0 Å². The number of carbonyl (C=O) groups is 1. The number of aryl methyl sites for hydroxylation is 2. The molecule has 5 heteroatoms. The molecule has 4 nitrogen and oxygen atoms in total. The van der Waals surface area contributed by atoms with Crippen LogP contribution in [0.3, 0.4) is 0 Å². The van der Waals surface area contributed by atoms with Crippen molar-refractivity contribution in [2.75, 3.05) is 0 Å². The number of pyridine rings is 1. The van der Waals surface area contributed by atoms with Crippen LogP contribution in [0.1, 0.15) is 27.3 Å². The van der Waals surface area contributed by atoms with Crippen molar-refractivity contribution in [3.63, 3.8) is 0 Å². The van der Waals surface area contributed by atoms with Gasteiger partial charge in [0, 0.05) is 23.1 Å². The van der Waals surface area contributed by atoms with E-state index in [-0.39, 0.29) is 0 Å². The van der Waals surface area contributed by atoms with E-state index < -0.39 is 0 Å². The minimum absolute atomic E-state index is 0.566. The van der Waals surface area contributed by atoms with E-state index in [1.165, 1.54) is 11.8 Å². The molecule has 0 bridgehead atoms. The Morgan fingerprint density at radius 1 is 1.11 bits per heavy atom. The molecule has 0 fully saturated rings. The molecule has 0 atom stereocenters. The molecule has 2 aromatic rings. The summed E-state index contributed by atoms with van der Waals surface area (Å²) in [5.74, 6) is 0. The summed E-state index contributed by atoms with van der Waals surface area (Å²) in [6, 6.07) is 3.53. The fraction of sp³-hybridized carbons (Fsp3) is 0.231. The van der Waals surface area contributed by atoms with Crippen molar-refractivity contribution in [1.82, 2.24) is 15.0 Å². The zero-order valence-corrected chi connectivity index (χ0v) is 11.3. The van der Waals surface area contributed by atoms with E-state index in [2.05, 4.69) is 15.0 Å². The van der Waals surface area contributed by atoms with Gasteiger partial charge in [-0.15, -0.1) is 0 Å². The first-order valence-corrected chi connectivity index (χ1v) is 6.32. The summed E-state index contributed by atoms with van der Waals surface area (Å²) >= 11 is 1.39. The SMILES string of the molecule is Cc1nc(Sc2ccc(C=O)cn2)nc(C)c1C. The summed E-state index contributed by atoms with van der Waals surface area (Å²) in [6.45, 7) is 5.95. The second-order valence-electron chi connectivity index (χ2n) is 3.95. The van der Waals surface area contributed by atoms with Crippen LogP contribution < -0.4 is 0 Å². The number of aldehydes is 1. The van der Waals surface area contributed by atoms with Crippen LogP contribution >= 0.6 is 11.8 Å². The average Bonchev–Trinajstić information content (AvgIpc) is 2.37. The van der Waals surface area contributed by atoms with Crippen molar-refractivity contribution in [3.8, 4) is 0 Å². The van der Waals surface area contributed by atoms with Gasteiger partial charge in [0.25, 0.3) is 0 Å². The first kappa shape index (κ1) is 12.7. The molecule has 0 radical (unpaired) electrons. The predicted molar refractivity (Wildman–Crippen MR) is 70.0 cm³/mol. The van der Waals surface area contributed by atoms with Gasteiger partial charge in [0.1, 0.15) is 5.03 Å². The molecule has 0 N–H and O–H groups in total. The molecule has 0 aliphatic carbocycles. The molecule has 2 heterocycles. The van der Waals surface area contributed by atoms with Gasteiger partial charge in [0.05, 0.1) is 0 Å². The van der Waals surface area contributed by atoms with E-state index in [9.17, 15) is 4.79 Å². The molecule has 92 valence electrons. The third-order valence-electron chi connectivity index (χ3n) is 2.70. The van der Waals surface area contributed by atoms with Crippen LogP contribution in [-0.2, 0) is 0 Å². The van der Waals surface area contributed by atoms with Gasteiger partial charge in [-0.3, -0.25) is 4.79 Å². The summed E-state index contributed by atoms with van der Waals surface area (Å²) in [4.78, 5) is 23.5. The smallest absolute Gasteiger partial charge is 0.194 e. The molecule has 0 saturated heterocycles. The highest BCUT2D eigenvalue weighted by atomic mass is 32.2. The lowest BCUT2D eigenvalue weighted by Crippen LogP contribution is -1.98. The maximum atomic E-state index is 10.5. The Hall–Kier alpha value is -1.75. The number of rotatable bonds is 3. The largest absolute Gasteiger partial charge is 0.298 e. The van der Waals surface area contributed by atoms with Crippen LogP contribution in [0.15, 0.2) is 28.5 Å². The van der Waals surface area contributed by atoms with Gasteiger partial charge in [-0.2, -0.15) is 0 Å². The zero-order chi connectivity index (χ0) is 13.1. The van der Waals surface area contributed by atoms with Gasteiger partial charge < -0.3 is 0 Å². The molecule has 0 unspecified atom stereocenters. The molecule has 0 aromatic carbocycles. The normalized spacial score (nSPS) is 10.4. The van der Waals surface area contributed by atoms with Gasteiger partial charge in [-0.05, 0) is 50.2 Å². The Balaban J connectivity index is 2.25. The first-order chi connectivity index (χ1) is 8.60. The van der Waals surface area contributed by atoms with Crippen LogP contribution in [0, 0.1) is 20.8 Å². The van der Waals surface area contributed by atoms with Crippen molar-refractivity contribution in [2.45, 2.75) is 31.0 Å². The zero-order valence-electron chi connectivity index (χ0n) is 10.5. The summed E-state index contributed by atoms with van der Waals surface area (Å²) in [5.41, 5.74) is 3.64. The minimum atomic E-state index is 0.566. The lowest BCUT2D eigenvalue weighted by Gasteiger charge is -2.06. The maximum Gasteiger partial charge on any atom is 0.194 e. The summed E-state index contributed by atoms with van der Waals surface area (Å²) in [5, 5.41) is 1.46. The van der Waals surface area contributed by atoms with Crippen LogP contribution in [0.2, 0.25) is 0 Å². The van der Waals surface area contributed by atoms with Crippen molar-refractivity contribution < 1.29 is 4.79 Å². The maximum absolute atomic E-state index is 10.5. The number of nitrogens with zero attached hydrogens (tertiary/aromatic N) is 3. The first-order valence-electron chi connectivity index (χ1n) is 5.51. The second-order valence-corrected chi connectivity index (χ2v) is 4.94. The molecular weight excluding hydrogens is 246 g/mol. The lowest BCUT2D eigenvalue weighted by atomic mass is 10.2. The van der Waals surface area contributed by atoms with E-state index in [0.29, 0.717) is 10.7 Å². The lowest BCUT2D eigenvalue weighted by molar-refractivity contribution is 0.112. The van der Waals surface area contributed by atoms with Crippen molar-refractivity contribution in [1.29, 1.82) is 0 Å². The van der Waals surface area contributed by atoms with Gasteiger partial charge in [0.2, 0.25) is 0 Å². The summed E-state index contributed by atoms with van der Waals surface area (Å²) < 4.78 is 0. The highest BCUT2D eigenvalue weighted by Gasteiger charge is 2.07. The van der Waals surface area contributed by atoms with E-state index in [1.54, 1.807) is 18.3 Å². The van der Waals surface area contributed by atoms with E-state index in [4.69, 9.17) is 0 Å². The van der Waals surface area contributed by atoms with Gasteiger partial charge >= 0.3 is 0 Å². The number of carbonyl (C=O) groups excluding carboxylic acids is 1. The van der Waals surface area contributed by atoms with Gasteiger partial charge in [-0.1, -0.05) is 0 Å². The summed E-state index contributed by atoms with van der Waals surface area (Å²) in [7, 11) is 0. The fourth-order valence-electron chi connectivity index (χ4n) is 1.40. The predicted octanol–water partition coefficient (Wildman–Crippen LogP) is 2.76. The Morgan fingerprint density at radius 2 is 1.78 bits per heavy atom. The Kier molecular flexibility index (Phi) is 3.72. The Morgan fingerprint density at radius 3 is 2.28 bits per heavy atom. The van der Waals surface area contributed by atoms with Crippen molar-refractivity contribution in [3.05, 3.63) is 40.8 Å². The van der Waals surface area contributed by atoms with E-state index >= 15 is 0 Å².